The maximum Gasteiger partial charge on any atom is 0.335 e. The topological polar surface area (TPSA) is 167 Å². The molecule has 0 saturated carbocycles. The van der Waals surface area contributed by atoms with Crippen LogP contribution in [0.25, 0.3) is 10.8 Å². The molecule has 0 radical (unpaired) electrons. The minimum atomic E-state index is -3.71. The van der Waals surface area contributed by atoms with E-state index in [-0.39, 0.29) is 26.3 Å². The average Bonchev–Trinajstić information content (AvgIpc) is 3.25. The Balaban J connectivity index is 0.000000207. The Morgan fingerprint density at radius 2 is 0.871 bits per heavy atom. The van der Waals surface area contributed by atoms with Crippen LogP contribution in [0.4, 0.5) is 11.4 Å². The van der Waals surface area contributed by atoms with Gasteiger partial charge < -0.3 is 10.2 Å². The summed E-state index contributed by atoms with van der Waals surface area (Å²) in [5, 5.41) is 19.8. The highest BCUT2D eigenvalue weighted by Gasteiger charge is 2.18. The van der Waals surface area contributed by atoms with Crippen molar-refractivity contribution in [3.05, 3.63) is 203 Å². The minimum absolute atomic E-state index is 0.0437. The van der Waals surface area contributed by atoms with Crippen molar-refractivity contribution in [3.8, 4) is 0 Å². The summed E-state index contributed by atoms with van der Waals surface area (Å²) in [5.41, 5.74) is 6.59. The molecule has 0 spiro atoms. The molecule has 0 aliphatic heterocycles. The van der Waals surface area contributed by atoms with Crippen LogP contribution in [0, 0.1) is 0 Å². The number of fused-ring (bicyclic) bond motifs is 1. The van der Waals surface area contributed by atoms with Crippen LogP contribution in [0.15, 0.2) is 174 Å². The fourth-order valence-electron chi connectivity index (χ4n) is 6.68. The lowest BCUT2D eigenvalue weighted by Crippen LogP contribution is -2.15. The molecule has 0 aromatic heterocycles. The summed E-state index contributed by atoms with van der Waals surface area (Å²) >= 11 is 0. The maximum absolute atomic E-state index is 12.9. The summed E-state index contributed by atoms with van der Waals surface area (Å²) in [6.45, 7) is 6.25. The third-order valence-corrected chi connectivity index (χ3v) is 13.0. The number of carboxylic acids is 2. The molecule has 7 aromatic rings. The first-order chi connectivity index (χ1) is 29.4. The first-order valence-electron chi connectivity index (χ1n) is 19.9. The van der Waals surface area contributed by atoms with Crippen LogP contribution in [0.3, 0.4) is 0 Å². The molecule has 7 aromatic carbocycles. The molecule has 0 fully saturated rings. The van der Waals surface area contributed by atoms with Crippen LogP contribution in [0.1, 0.15) is 69.3 Å². The SMILES string of the molecule is CC(C)(C)c1ccc(S(=O)(=O)Nc2cccc(CCc3ccc(C(=O)O)cc3)c2)cc1.O=C(O)c1ccc(CCc2cccc(NS(=O)(=O)c3ccc4ccccc4c3)c2)cc1. The Hall–Kier alpha value is -6.76. The zero-order valence-electron chi connectivity index (χ0n) is 34.6. The van der Waals surface area contributed by atoms with E-state index < -0.39 is 32.0 Å². The fourth-order valence-corrected chi connectivity index (χ4v) is 8.82. The summed E-state index contributed by atoms with van der Waals surface area (Å²) in [6, 6.07) is 47.9. The van der Waals surface area contributed by atoms with Crippen molar-refractivity contribution >= 4 is 54.1 Å². The molecule has 0 unspecified atom stereocenters. The first kappa shape index (κ1) is 44.8. The van der Waals surface area contributed by atoms with Crippen molar-refractivity contribution in [2.24, 2.45) is 0 Å². The van der Waals surface area contributed by atoms with Gasteiger partial charge in [-0.05, 0) is 142 Å². The quantitative estimate of drug-likeness (QED) is 0.0838. The van der Waals surface area contributed by atoms with Crippen molar-refractivity contribution in [1.82, 2.24) is 0 Å². The lowest BCUT2D eigenvalue weighted by molar-refractivity contribution is 0.0686. The fraction of sp³-hybridized carbons (Fsp3) is 0.160. The molecule has 0 heterocycles. The Kier molecular flexibility index (Phi) is 13.9. The van der Waals surface area contributed by atoms with Gasteiger partial charge in [0.15, 0.2) is 0 Å². The molecule has 0 amide bonds. The molecule has 0 atom stereocenters. The number of anilines is 2. The number of aryl methyl sites for hydroxylation is 4. The molecule has 62 heavy (non-hydrogen) atoms. The van der Waals surface area contributed by atoms with Gasteiger partial charge in [-0.2, -0.15) is 0 Å². The van der Waals surface area contributed by atoms with Gasteiger partial charge in [0.05, 0.1) is 20.9 Å². The summed E-state index contributed by atoms with van der Waals surface area (Å²) in [5.74, 6) is -1.89. The standard InChI is InChI=1S/C25H21NO4S.C25H27NO4S/c27-25(28)21-12-10-18(11-13-21)8-9-19-4-3-7-23(16-19)26-31(29,30)24-15-14-20-5-1-2-6-22(20)17-24;1-25(2,3)21-13-15-23(16-14-21)31(29,30)26-22-6-4-5-19(17-22)8-7-18-9-11-20(12-10-18)24(27)28/h1-7,10-17,26H,8-9H2,(H,27,28);4-6,9-17,26H,7-8H2,1-3H3,(H,27,28). The Morgan fingerprint density at radius 3 is 1.32 bits per heavy atom. The third kappa shape index (κ3) is 12.2. The number of nitrogens with one attached hydrogen (secondary N) is 2. The van der Waals surface area contributed by atoms with E-state index in [1.54, 1.807) is 91.0 Å². The van der Waals surface area contributed by atoms with E-state index in [0.717, 1.165) is 51.4 Å². The second-order valence-corrected chi connectivity index (χ2v) is 19.3. The Labute approximate surface area is 363 Å². The van der Waals surface area contributed by atoms with Crippen molar-refractivity contribution in [3.63, 3.8) is 0 Å². The third-order valence-electron chi connectivity index (χ3n) is 10.2. The van der Waals surface area contributed by atoms with Crippen molar-refractivity contribution in [1.29, 1.82) is 0 Å². The Bertz CT molecular complexity index is 2910. The van der Waals surface area contributed by atoms with E-state index in [4.69, 9.17) is 10.2 Å². The van der Waals surface area contributed by atoms with E-state index in [9.17, 15) is 26.4 Å². The monoisotopic (exact) mass is 868 g/mol. The van der Waals surface area contributed by atoms with Gasteiger partial charge in [0.2, 0.25) is 0 Å². The van der Waals surface area contributed by atoms with Gasteiger partial charge in [-0.25, -0.2) is 26.4 Å². The lowest BCUT2D eigenvalue weighted by atomic mass is 9.87. The van der Waals surface area contributed by atoms with Crippen molar-refractivity contribution in [2.75, 3.05) is 9.44 Å². The average molecular weight is 869 g/mol. The van der Waals surface area contributed by atoms with Gasteiger partial charge in [-0.3, -0.25) is 9.44 Å². The normalized spacial score (nSPS) is 11.6. The maximum atomic E-state index is 12.9. The molecule has 7 rings (SSSR count). The molecule has 4 N–H and O–H groups in total. The summed E-state index contributed by atoms with van der Waals surface area (Å²) < 4.78 is 56.6. The molecule has 12 heteroatoms. The molecule has 0 aliphatic rings. The number of benzene rings is 7. The van der Waals surface area contributed by atoms with E-state index in [0.29, 0.717) is 24.2 Å². The molecule has 0 saturated heterocycles. The number of hydrogen-bond acceptors (Lipinski definition) is 6. The van der Waals surface area contributed by atoms with Gasteiger partial charge >= 0.3 is 11.9 Å². The van der Waals surface area contributed by atoms with E-state index in [1.807, 2.05) is 72.8 Å². The largest absolute Gasteiger partial charge is 0.478 e. The highest BCUT2D eigenvalue weighted by Crippen LogP contribution is 2.26. The van der Waals surface area contributed by atoms with E-state index in [1.165, 1.54) is 0 Å². The lowest BCUT2D eigenvalue weighted by Gasteiger charge is -2.19. The van der Waals surface area contributed by atoms with Gasteiger partial charge in [-0.1, -0.05) is 112 Å². The van der Waals surface area contributed by atoms with Crippen molar-refractivity contribution in [2.45, 2.75) is 61.7 Å². The molecule has 10 nitrogen and oxygen atoms in total. The van der Waals surface area contributed by atoms with Crippen LogP contribution >= 0.6 is 0 Å². The van der Waals surface area contributed by atoms with Crippen LogP contribution in [0.2, 0.25) is 0 Å². The summed E-state index contributed by atoms with van der Waals surface area (Å²) in [4.78, 5) is 22.3. The minimum Gasteiger partial charge on any atom is -0.478 e. The van der Waals surface area contributed by atoms with Gasteiger partial charge in [0, 0.05) is 11.4 Å². The van der Waals surface area contributed by atoms with Crippen LogP contribution in [-0.4, -0.2) is 39.0 Å². The second-order valence-electron chi connectivity index (χ2n) is 15.9. The molecule has 0 bridgehead atoms. The highest BCUT2D eigenvalue weighted by molar-refractivity contribution is 7.93. The number of rotatable bonds is 14. The first-order valence-corrected chi connectivity index (χ1v) is 22.9. The van der Waals surface area contributed by atoms with Gasteiger partial charge in [0.1, 0.15) is 0 Å². The van der Waals surface area contributed by atoms with Crippen LogP contribution in [-0.2, 0) is 51.1 Å². The zero-order valence-corrected chi connectivity index (χ0v) is 36.2. The highest BCUT2D eigenvalue weighted by atomic mass is 32.2. The van der Waals surface area contributed by atoms with Gasteiger partial charge in [0.25, 0.3) is 20.0 Å². The number of sulfonamides is 2. The smallest absolute Gasteiger partial charge is 0.335 e. The van der Waals surface area contributed by atoms with Crippen molar-refractivity contribution < 1.29 is 36.6 Å². The number of aromatic carboxylic acids is 2. The number of carboxylic acid groups (broad SMARTS) is 2. The zero-order chi connectivity index (χ0) is 44.5. The predicted octanol–water partition coefficient (Wildman–Crippen LogP) is 10.4. The molecule has 0 aliphatic carbocycles. The Morgan fingerprint density at radius 1 is 0.452 bits per heavy atom. The van der Waals surface area contributed by atoms with Crippen LogP contribution < -0.4 is 9.44 Å². The summed E-state index contributed by atoms with van der Waals surface area (Å²) in [7, 11) is -7.39. The number of hydrogen-bond donors (Lipinski definition) is 4. The van der Waals surface area contributed by atoms with Gasteiger partial charge in [-0.15, -0.1) is 0 Å². The summed E-state index contributed by atoms with van der Waals surface area (Å²) in [6.07, 6.45) is 2.87. The second kappa shape index (κ2) is 19.3. The predicted molar refractivity (Wildman–Crippen MR) is 245 cm³/mol. The van der Waals surface area contributed by atoms with E-state index >= 15 is 0 Å². The molecule has 318 valence electrons. The number of carbonyl (C=O) groups is 2. The van der Waals surface area contributed by atoms with E-state index in [2.05, 4.69) is 30.2 Å². The molecular formula is C50H48N2O8S2. The molecular weight excluding hydrogens is 821 g/mol. The van der Waals surface area contributed by atoms with Crippen LogP contribution in [0.5, 0.6) is 0 Å².